The Kier molecular flexibility index (Phi) is 5.67. The maximum absolute atomic E-state index is 6.20. The summed E-state index contributed by atoms with van der Waals surface area (Å²) in [7, 11) is 0. The predicted molar refractivity (Wildman–Crippen MR) is 88.6 cm³/mol. The minimum Gasteiger partial charge on any atom is -0.270 e. The van der Waals surface area contributed by atoms with E-state index >= 15 is 0 Å². The van der Waals surface area contributed by atoms with Crippen LogP contribution in [0.5, 0.6) is 0 Å². The van der Waals surface area contributed by atoms with E-state index in [1.807, 2.05) is 6.07 Å². The molecule has 1 heterocycles. The van der Waals surface area contributed by atoms with E-state index in [0.29, 0.717) is 11.8 Å². The molecule has 2 nitrogen and oxygen atoms in total. The molecule has 4 heteroatoms. The average molecular weight is 356 g/mol. The van der Waals surface area contributed by atoms with E-state index in [-0.39, 0.29) is 0 Å². The van der Waals surface area contributed by atoms with Crippen LogP contribution >= 0.6 is 27.5 Å². The molecular weight excluding hydrogens is 336 g/mol. The van der Waals surface area contributed by atoms with Crippen LogP contribution in [0.25, 0.3) is 0 Å². The summed E-state index contributed by atoms with van der Waals surface area (Å²) in [5.74, 6) is 0.938. The second-order valence-corrected chi connectivity index (χ2v) is 6.13. The van der Waals surface area contributed by atoms with Crippen LogP contribution in [0.15, 0.2) is 34.8 Å². The Labute approximate surface area is 134 Å². The highest BCUT2D eigenvalue weighted by Crippen LogP contribution is 2.25. The number of alkyl halides is 1. The average Bonchev–Trinajstić information content (AvgIpc) is 2.87. The number of nitrogens with zero attached hydrogens (tertiary/aromatic N) is 2. The Balaban J connectivity index is 2.24. The third-order valence-corrected chi connectivity index (χ3v) is 4.40. The van der Waals surface area contributed by atoms with Crippen molar-refractivity contribution in [1.82, 2.24) is 9.78 Å². The molecule has 1 unspecified atom stereocenters. The van der Waals surface area contributed by atoms with Gasteiger partial charge in [-0.15, -0.1) is 11.6 Å². The van der Waals surface area contributed by atoms with Crippen LogP contribution in [0.2, 0.25) is 0 Å². The molecule has 0 saturated carbocycles. The molecule has 0 amide bonds. The number of aryl methyl sites for hydroxylation is 2. The van der Waals surface area contributed by atoms with Crippen LogP contribution in [0.4, 0.5) is 0 Å². The molecular formula is C16H20BrClN2. The smallest absolute Gasteiger partial charge is 0.0624 e. The number of hydrogen-bond acceptors (Lipinski definition) is 1. The summed E-state index contributed by atoms with van der Waals surface area (Å²) in [6.45, 7) is 5.17. The monoisotopic (exact) mass is 354 g/mol. The van der Waals surface area contributed by atoms with Crippen LogP contribution < -0.4 is 0 Å². The molecule has 0 saturated heterocycles. The zero-order valence-corrected chi connectivity index (χ0v) is 14.3. The summed E-state index contributed by atoms with van der Waals surface area (Å²) in [6, 6.07) is 10.6. The molecule has 0 aliphatic carbocycles. The quantitative estimate of drug-likeness (QED) is 0.681. The molecule has 0 N–H and O–H groups in total. The van der Waals surface area contributed by atoms with Gasteiger partial charge in [0, 0.05) is 28.5 Å². The van der Waals surface area contributed by atoms with Gasteiger partial charge in [-0.05, 0) is 43.5 Å². The van der Waals surface area contributed by atoms with Crippen molar-refractivity contribution in [3.8, 4) is 0 Å². The van der Waals surface area contributed by atoms with Crippen LogP contribution in [-0.2, 0) is 19.4 Å². The normalized spacial score (nSPS) is 12.6. The molecule has 1 aromatic heterocycles. The van der Waals surface area contributed by atoms with Gasteiger partial charge in [0.05, 0.1) is 5.69 Å². The summed E-state index contributed by atoms with van der Waals surface area (Å²) >= 11 is 9.72. The van der Waals surface area contributed by atoms with Gasteiger partial charge in [0.15, 0.2) is 0 Å². The minimum absolute atomic E-state index is 0.320. The molecule has 1 aromatic carbocycles. The van der Waals surface area contributed by atoms with Crippen molar-refractivity contribution in [2.45, 2.75) is 39.2 Å². The molecule has 0 aliphatic heterocycles. The van der Waals surface area contributed by atoms with Gasteiger partial charge in [-0.1, -0.05) is 35.0 Å². The topological polar surface area (TPSA) is 17.8 Å². The molecule has 2 rings (SSSR count). The van der Waals surface area contributed by atoms with E-state index in [0.717, 1.165) is 29.6 Å². The number of rotatable bonds is 6. The first kappa shape index (κ1) is 15.6. The van der Waals surface area contributed by atoms with Gasteiger partial charge >= 0.3 is 0 Å². The molecule has 1 atom stereocenters. The minimum atomic E-state index is 0.320. The van der Waals surface area contributed by atoms with Crippen molar-refractivity contribution in [2.75, 3.05) is 5.88 Å². The SMILES string of the molecule is CCc1cc(CC(CCl)c2cccc(Br)c2)n(CC)n1. The molecule has 0 spiro atoms. The second-order valence-electron chi connectivity index (χ2n) is 4.91. The lowest BCUT2D eigenvalue weighted by molar-refractivity contribution is 0.593. The Hall–Kier alpha value is -0.800. The van der Waals surface area contributed by atoms with E-state index < -0.39 is 0 Å². The van der Waals surface area contributed by atoms with Gasteiger partial charge in [0.25, 0.3) is 0 Å². The summed E-state index contributed by atoms with van der Waals surface area (Å²) in [5, 5.41) is 4.61. The van der Waals surface area contributed by atoms with Crippen LogP contribution in [0.3, 0.4) is 0 Å². The van der Waals surface area contributed by atoms with E-state index in [2.05, 4.69) is 63.8 Å². The van der Waals surface area contributed by atoms with Crippen LogP contribution in [0.1, 0.15) is 36.7 Å². The fourth-order valence-corrected chi connectivity index (χ4v) is 3.10. The van der Waals surface area contributed by atoms with Gasteiger partial charge in [-0.25, -0.2) is 0 Å². The van der Waals surface area contributed by atoms with E-state index in [1.165, 1.54) is 11.3 Å². The number of halogens is 2. The number of hydrogen-bond donors (Lipinski definition) is 0. The maximum Gasteiger partial charge on any atom is 0.0624 e. The molecule has 0 bridgehead atoms. The fraction of sp³-hybridized carbons (Fsp3) is 0.438. The Morgan fingerprint density at radius 2 is 2.10 bits per heavy atom. The lowest BCUT2D eigenvalue weighted by Gasteiger charge is -2.15. The molecule has 0 aliphatic rings. The first-order valence-electron chi connectivity index (χ1n) is 7.04. The van der Waals surface area contributed by atoms with Gasteiger partial charge in [-0.3, -0.25) is 4.68 Å². The van der Waals surface area contributed by atoms with E-state index in [9.17, 15) is 0 Å². The van der Waals surface area contributed by atoms with Crippen molar-refractivity contribution in [1.29, 1.82) is 0 Å². The largest absolute Gasteiger partial charge is 0.270 e. The zero-order valence-electron chi connectivity index (χ0n) is 11.9. The van der Waals surface area contributed by atoms with E-state index in [1.54, 1.807) is 0 Å². The third-order valence-electron chi connectivity index (χ3n) is 3.54. The van der Waals surface area contributed by atoms with Gasteiger partial charge in [-0.2, -0.15) is 5.10 Å². The first-order chi connectivity index (χ1) is 9.67. The predicted octanol–water partition coefficient (Wildman–Crippen LogP) is 4.79. The lowest BCUT2D eigenvalue weighted by atomic mass is 9.96. The molecule has 0 radical (unpaired) electrons. The maximum atomic E-state index is 6.20. The lowest BCUT2D eigenvalue weighted by Crippen LogP contribution is -2.10. The summed E-state index contributed by atoms with van der Waals surface area (Å²) in [5.41, 5.74) is 3.70. The van der Waals surface area contributed by atoms with Crippen LogP contribution in [0, 0.1) is 0 Å². The molecule has 0 fully saturated rings. The fourth-order valence-electron chi connectivity index (χ4n) is 2.40. The zero-order chi connectivity index (χ0) is 14.5. The summed E-state index contributed by atoms with van der Waals surface area (Å²) in [6.07, 6.45) is 1.91. The Bertz CT molecular complexity index is 565. The number of benzene rings is 1. The van der Waals surface area contributed by atoms with Crippen molar-refractivity contribution in [2.24, 2.45) is 0 Å². The van der Waals surface area contributed by atoms with E-state index in [4.69, 9.17) is 11.6 Å². The highest BCUT2D eigenvalue weighted by molar-refractivity contribution is 9.10. The Morgan fingerprint density at radius 1 is 1.30 bits per heavy atom. The highest BCUT2D eigenvalue weighted by Gasteiger charge is 2.15. The standard InChI is InChI=1S/C16H20BrClN2/c1-3-15-10-16(20(4-2)19-15)9-13(11-18)12-6-5-7-14(17)8-12/h5-8,10,13H,3-4,9,11H2,1-2H3. The third kappa shape index (κ3) is 3.64. The van der Waals surface area contributed by atoms with Gasteiger partial charge < -0.3 is 0 Å². The molecule has 108 valence electrons. The Morgan fingerprint density at radius 3 is 2.70 bits per heavy atom. The first-order valence-corrected chi connectivity index (χ1v) is 8.37. The van der Waals surface area contributed by atoms with Crippen molar-refractivity contribution in [3.63, 3.8) is 0 Å². The molecule has 20 heavy (non-hydrogen) atoms. The van der Waals surface area contributed by atoms with Crippen molar-refractivity contribution < 1.29 is 0 Å². The van der Waals surface area contributed by atoms with Crippen molar-refractivity contribution >= 4 is 27.5 Å². The number of aromatic nitrogens is 2. The van der Waals surface area contributed by atoms with Gasteiger partial charge in [0.2, 0.25) is 0 Å². The van der Waals surface area contributed by atoms with Crippen LogP contribution in [-0.4, -0.2) is 15.7 Å². The highest BCUT2D eigenvalue weighted by atomic mass is 79.9. The van der Waals surface area contributed by atoms with Gasteiger partial charge in [0.1, 0.15) is 0 Å². The van der Waals surface area contributed by atoms with Crippen molar-refractivity contribution in [3.05, 3.63) is 51.8 Å². The summed E-state index contributed by atoms with van der Waals surface area (Å²) in [4.78, 5) is 0. The molecule has 2 aromatic rings. The summed E-state index contributed by atoms with van der Waals surface area (Å²) < 4.78 is 3.19. The second kappa shape index (κ2) is 7.28.